The van der Waals surface area contributed by atoms with Crippen molar-refractivity contribution in [2.45, 2.75) is 33.7 Å². The van der Waals surface area contributed by atoms with Gasteiger partial charge in [0.2, 0.25) is 0 Å². The molecule has 0 atom stereocenters. The summed E-state index contributed by atoms with van der Waals surface area (Å²) in [7, 11) is 0. The minimum absolute atomic E-state index is 0.264. The van der Waals surface area contributed by atoms with Gasteiger partial charge < -0.3 is 0 Å². The van der Waals surface area contributed by atoms with Crippen LogP contribution in [0.2, 0.25) is 0 Å². The summed E-state index contributed by atoms with van der Waals surface area (Å²) in [5, 5.41) is 12.6. The van der Waals surface area contributed by atoms with Gasteiger partial charge in [-0.15, -0.1) is 0 Å². The number of anilines is 2. The van der Waals surface area contributed by atoms with Crippen molar-refractivity contribution < 1.29 is 33.1 Å². The fraction of sp³-hybridized carbons (Fsp3) is 0.469. The molecule has 0 saturated carbocycles. The van der Waals surface area contributed by atoms with E-state index in [1.54, 1.807) is 6.08 Å². The molecular weight excluding hydrogens is 629 g/mol. The van der Waals surface area contributed by atoms with Crippen LogP contribution in [0.1, 0.15) is 32.0 Å². The third-order valence-corrected chi connectivity index (χ3v) is 19.2. The van der Waals surface area contributed by atoms with Crippen molar-refractivity contribution in [3.8, 4) is 11.8 Å². The Hall–Kier alpha value is -2.92. The number of fused-ring (bicyclic) bond motifs is 2. The molecule has 0 radical (unpaired) electrons. The summed E-state index contributed by atoms with van der Waals surface area (Å²) in [6, 6.07) is 12.3. The van der Waals surface area contributed by atoms with Gasteiger partial charge in [0.05, 0.1) is 0 Å². The molecule has 0 spiro atoms. The number of halogens is 1. The molecule has 0 unspecified atom stereocenters. The Balaban J connectivity index is 1.46. The summed E-state index contributed by atoms with van der Waals surface area (Å²) in [4.78, 5) is 29.8. The molecule has 8 nitrogen and oxygen atoms in total. The minimum atomic E-state index is -2.52. The Labute approximate surface area is 247 Å². The number of allylic oxidation sites excluding steroid dienone is 1. The average Bonchev–Trinajstić information content (AvgIpc) is 3.01. The first-order chi connectivity index (χ1) is 19.9. The molecule has 1 fully saturated rings. The zero-order valence-corrected chi connectivity index (χ0v) is 26.8. The summed E-state index contributed by atoms with van der Waals surface area (Å²) < 4.78 is 9.44. The van der Waals surface area contributed by atoms with Crippen LogP contribution in [-0.2, 0) is 17.8 Å². The van der Waals surface area contributed by atoms with E-state index in [4.69, 9.17) is 14.7 Å². The van der Waals surface area contributed by atoms with E-state index in [1.807, 2.05) is 30.3 Å². The summed E-state index contributed by atoms with van der Waals surface area (Å²) in [6.45, 7) is 16.7. The number of benzene rings is 2. The quantitative estimate of drug-likeness (QED) is 0.142. The number of hydrogen-bond donors (Lipinski definition) is 1. The number of rotatable bonds is 11. The second-order valence-electron chi connectivity index (χ2n) is 10.6. The zero-order chi connectivity index (χ0) is 29.0. The fourth-order valence-electron chi connectivity index (χ4n) is 5.96. The average molecular weight is 673 g/mol. The van der Waals surface area contributed by atoms with Crippen LogP contribution in [0.3, 0.4) is 0 Å². The van der Waals surface area contributed by atoms with Gasteiger partial charge in [0, 0.05) is 0 Å². The van der Waals surface area contributed by atoms with E-state index in [0.29, 0.717) is 23.0 Å². The summed E-state index contributed by atoms with van der Waals surface area (Å²) in [5.74, 6) is 1.23. The first-order valence-electron chi connectivity index (χ1n) is 14.7. The van der Waals surface area contributed by atoms with Gasteiger partial charge in [-0.25, -0.2) is 0 Å². The number of phenolic OH excluding ortho intramolecular Hbond substituents is 1. The molecule has 3 aromatic rings. The van der Waals surface area contributed by atoms with Crippen LogP contribution in [0.4, 0.5) is 11.5 Å². The van der Waals surface area contributed by atoms with Crippen LogP contribution in [0.25, 0.3) is 10.8 Å². The van der Waals surface area contributed by atoms with Gasteiger partial charge in [-0.2, -0.15) is 0 Å². The normalized spacial score (nSPS) is 17.4. The van der Waals surface area contributed by atoms with Crippen molar-refractivity contribution in [1.82, 2.24) is 14.9 Å². The molecule has 9 heteroatoms. The predicted octanol–water partition coefficient (Wildman–Crippen LogP) is 1.33. The van der Waals surface area contributed by atoms with Gasteiger partial charge in [-0.1, -0.05) is 6.07 Å². The van der Waals surface area contributed by atoms with Gasteiger partial charge in [0.25, 0.3) is 0 Å². The van der Waals surface area contributed by atoms with Gasteiger partial charge in [0.15, 0.2) is 0 Å². The Morgan fingerprint density at radius 1 is 1.10 bits per heavy atom. The van der Waals surface area contributed by atoms with Crippen molar-refractivity contribution in [1.29, 1.82) is 0 Å². The molecule has 1 aromatic heterocycles. The van der Waals surface area contributed by atoms with Gasteiger partial charge in [0.1, 0.15) is 0 Å². The Kier molecular flexibility index (Phi) is 9.33. The van der Waals surface area contributed by atoms with Crippen molar-refractivity contribution in [2.75, 3.05) is 69.0 Å². The fourth-order valence-corrected chi connectivity index (χ4v) is 13.8. The SMILES string of the molecule is C=CC(=O)[I-]1(CC)CCN(c2nc(OCCN(CC)CC)nc3c2CCN(c2cc(O)cc4ccccc24)C3)CC1. The van der Waals surface area contributed by atoms with Crippen molar-refractivity contribution >= 4 is 26.1 Å². The van der Waals surface area contributed by atoms with Gasteiger partial charge in [-0.3, -0.25) is 0 Å². The maximum absolute atomic E-state index is 12.8. The number of aromatic hydroxyl groups is 1. The van der Waals surface area contributed by atoms with E-state index in [9.17, 15) is 9.90 Å². The number of phenols is 1. The Morgan fingerprint density at radius 2 is 1.85 bits per heavy atom. The van der Waals surface area contributed by atoms with E-state index in [0.717, 1.165) is 86.9 Å². The number of aromatic nitrogens is 2. The number of likely N-dealkylation sites (N-methyl/N-ethyl adjacent to an activating group) is 1. The van der Waals surface area contributed by atoms with Crippen molar-refractivity contribution in [2.24, 2.45) is 0 Å². The molecule has 5 rings (SSSR count). The summed E-state index contributed by atoms with van der Waals surface area (Å²) in [5.41, 5.74) is 3.16. The van der Waals surface area contributed by atoms with Crippen LogP contribution < -0.4 is 33.0 Å². The molecule has 222 valence electrons. The Morgan fingerprint density at radius 3 is 2.56 bits per heavy atom. The summed E-state index contributed by atoms with van der Waals surface area (Å²) in [6.07, 6.45) is 2.38. The zero-order valence-electron chi connectivity index (χ0n) is 24.6. The molecule has 2 aliphatic heterocycles. The van der Waals surface area contributed by atoms with Gasteiger partial charge in [-0.05, 0) is 0 Å². The van der Waals surface area contributed by atoms with Crippen LogP contribution in [0, 0.1) is 0 Å². The number of alkyl halides is 3. The molecule has 2 aromatic carbocycles. The molecule has 0 aliphatic carbocycles. The van der Waals surface area contributed by atoms with Crippen LogP contribution in [0.5, 0.6) is 11.8 Å². The van der Waals surface area contributed by atoms with E-state index < -0.39 is 18.4 Å². The molecule has 0 bridgehead atoms. The number of hydrogen-bond acceptors (Lipinski definition) is 8. The third-order valence-electron chi connectivity index (χ3n) is 8.52. The predicted molar refractivity (Wildman–Crippen MR) is 163 cm³/mol. The first kappa shape index (κ1) is 29.6. The van der Waals surface area contributed by atoms with Crippen LogP contribution in [0.15, 0.2) is 49.1 Å². The molecule has 41 heavy (non-hydrogen) atoms. The molecule has 0 amide bonds. The molecule has 3 heterocycles. The maximum atomic E-state index is 12.8. The number of carbonyl (C=O) groups excluding carboxylic acids is 1. The Bertz CT molecular complexity index is 1400. The first-order valence-corrected chi connectivity index (χ1v) is 20.4. The van der Waals surface area contributed by atoms with E-state index in [1.165, 1.54) is 5.56 Å². The molecule has 2 aliphatic rings. The second kappa shape index (κ2) is 12.9. The monoisotopic (exact) mass is 672 g/mol. The number of ether oxygens (including phenoxy) is 1. The topological polar surface area (TPSA) is 82.0 Å². The van der Waals surface area contributed by atoms with E-state index >= 15 is 0 Å². The molecular formula is C32H43IN5O3-. The van der Waals surface area contributed by atoms with Crippen LogP contribution >= 0.6 is 0 Å². The van der Waals surface area contributed by atoms with Crippen molar-refractivity contribution in [3.05, 3.63) is 60.3 Å². The third kappa shape index (κ3) is 6.16. The van der Waals surface area contributed by atoms with E-state index in [-0.39, 0.29) is 5.75 Å². The number of carbonyl (C=O) groups is 1. The summed E-state index contributed by atoms with van der Waals surface area (Å²) >= 11 is -2.52. The standard InChI is InChI=1S/C32H43IN5O3/c1-5-30(40)33(6-2)14-17-37(18-15-33)31-27-13-16-38(29-22-25(39)21-24-11-9-10-12-26(24)29)23-28(27)34-32(35-31)41-20-19-36(7-3)8-4/h5,9-12,21-22,39H,1,6-8,13-20,23H2,2-4H3/q-1. The number of nitrogens with zero attached hydrogens (tertiary/aromatic N) is 5. The van der Waals surface area contributed by atoms with Gasteiger partial charge >= 0.3 is 243 Å². The van der Waals surface area contributed by atoms with E-state index in [2.05, 4.69) is 48.1 Å². The molecule has 1 saturated heterocycles. The second-order valence-corrected chi connectivity index (χ2v) is 20.9. The molecule has 1 N–H and O–H groups in total. The van der Waals surface area contributed by atoms with Crippen molar-refractivity contribution in [3.63, 3.8) is 0 Å². The van der Waals surface area contributed by atoms with Crippen LogP contribution in [-0.4, -0.2) is 82.9 Å².